The quantitative estimate of drug-likeness (QED) is 0.464. The molecule has 0 fully saturated rings. The van der Waals surface area contributed by atoms with Crippen LogP contribution in [0.15, 0.2) is 12.1 Å². The fraction of sp³-hybridized carbons (Fsp3) is 0.300. The third-order valence-electron chi connectivity index (χ3n) is 2.24. The number of methoxy groups -OCH3 is 1. The van der Waals surface area contributed by atoms with Crippen LogP contribution in [0.2, 0.25) is 5.02 Å². The van der Waals surface area contributed by atoms with Crippen molar-refractivity contribution >= 4 is 23.3 Å². The highest BCUT2D eigenvalue weighted by molar-refractivity contribution is 6.32. The Kier molecular flexibility index (Phi) is 3.84. The number of nitro benzene ring substituents is 1. The van der Waals surface area contributed by atoms with Crippen LogP contribution in [0.25, 0.3) is 0 Å². The standard InChI is InChI=1S/C10H10ClNO4/c1-6-7(5-9(13)16-2)3-4-8(11)10(6)12(14)15/h3-4H,5H2,1-2H3. The molecule has 5 nitrogen and oxygen atoms in total. The Morgan fingerprint density at radius 2 is 2.19 bits per heavy atom. The van der Waals surface area contributed by atoms with Crippen LogP contribution in [0, 0.1) is 17.0 Å². The van der Waals surface area contributed by atoms with Gasteiger partial charge in [-0.25, -0.2) is 0 Å². The lowest BCUT2D eigenvalue weighted by atomic mass is 10.0. The van der Waals surface area contributed by atoms with Crippen LogP contribution in [0.3, 0.4) is 0 Å². The Morgan fingerprint density at radius 3 is 2.69 bits per heavy atom. The maximum atomic E-state index is 11.1. The number of ether oxygens (including phenoxy) is 1. The van der Waals surface area contributed by atoms with Crippen LogP contribution < -0.4 is 0 Å². The molecule has 6 heteroatoms. The summed E-state index contributed by atoms with van der Waals surface area (Å²) in [4.78, 5) is 21.3. The van der Waals surface area contributed by atoms with Gasteiger partial charge >= 0.3 is 5.97 Å². The summed E-state index contributed by atoms with van der Waals surface area (Å²) in [6.45, 7) is 1.56. The third kappa shape index (κ3) is 2.49. The minimum Gasteiger partial charge on any atom is -0.469 e. The molecule has 0 radical (unpaired) electrons. The number of carbonyl (C=O) groups excluding carboxylic acids is 1. The lowest BCUT2D eigenvalue weighted by Crippen LogP contribution is -2.07. The number of carbonyl (C=O) groups is 1. The van der Waals surface area contributed by atoms with E-state index in [0.29, 0.717) is 11.1 Å². The van der Waals surface area contributed by atoms with E-state index in [1.807, 2.05) is 0 Å². The molecule has 0 aromatic heterocycles. The van der Waals surface area contributed by atoms with Crippen molar-refractivity contribution in [1.29, 1.82) is 0 Å². The Bertz CT molecular complexity index is 445. The second-order valence-corrected chi connectivity index (χ2v) is 3.60. The van der Waals surface area contributed by atoms with Crippen molar-refractivity contribution in [2.45, 2.75) is 13.3 Å². The molecule has 16 heavy (non-hydrogen) atoms. The highest BCUT2D eigenvalue weighted by atomic mass is 35.5. The Hall–Kier alpha value is -1.62. The number of halogens is 1. The van der Waals surface area contributed by atoms with E-state index in [0.717, 1.165) is 0 Å². The second-order valence-electron chi connectivity index (χ2n) is 3.19. The van der Waals surface area contributed by atoms with E-state index >= 15 is 0 Å². The van der Waals surface area contributed by atoms with Crippen LogP contribution in [0.5, 0.6) is 0 Å². The minimum absolute atomic E-state index is 0.000340. The van der Waals surface area contributed by atoms with Gasteiger partial charge in [0.25, 0.3) is 5.69 Å². The number of nitro groups is 1. The van der Waals surface area contributed by atoms with Gasteiger partial charge in [-0.3, -0.25) is 14.9 Å². The zero-order chi connectivity index (χ0) is 12.3. The predicted molar refractivity (Wildman–Crippen MR) is 58.6 cm³/mol. The maximum absolute atomic E-state index is 11.1. The third-order valence-corrected chi connectivity index (χ3v) is 2.54. The molecular weight excluding hydrogens is 234 g/mol. The SMILES string of the molecule is COC(=O)Cc1ccc(Cl)c([N+](=O)[O-])c1C. The highest BCUT2D eigenvalue weighted by Gasteiger charge is 2.20. The number of nitrogens with zero attached hydrogens (tertiary/aromatic N) is 1. The first-order valence-corrected chi connectivity index (χ1v) is 4.84. The van der Waals surface area contributed by atoms with Crippen LogP contribution >= 0.6 is 11.6 Å². The molecule has 0 saturated carbocycles. The Labute approximate surface area is 97.1 Å². The van der Waals surface area contributed by atoms with E-state index in [4.69, 9.17) is 11.6 Å². The molecule has 1 aromatic rings. The van der Waals surface area contributed by atoms with E-state index in [9.17, 15) is 14.9 Å². The van der Waals surface area contributed by atoms with Gasteiger partial charge in [0.2, 0.25) is 0 Å². The summed E-state index contributed by atoms with van der Waals surface area (Å²) < 4.78 is 4.50. The molecule has 0 aliphatic rings. The normalized spacial score (nSPS) is 9.94. The fourth-order valence-corrected chi connectivity index (χ4v) is 1.63. The molecule has 1 rings (SSSR count). The second kappa shape index (κ2) is 4.94. The largest absolute Gasteiger partial charge is 0.469 e. The molecule has 0 atom stereocenters. The van der Waals surface area contributed by atoms with Gasteiger partial charge in [0.05, 0.1) is 18.5 Å². The first-order chi connectivity index (χ1) is 7.47. The van der Waals surface area contributed by atoms with Crippen LogP contribution in [0.1, 0.15) is 11.1 Å². The van der Waals surface area contributed by atoms with Gasteiger partial charge in [0, 0.05) is 5.56 Å². The van der Waals surface area contributed by atoms with Gasteiger partial charge in [-0.05, 0) is 18.6 Å². The molecule has 0 aliphatic carbocycles. The van der Waals surface area contributed by atoms with Gasteiger partial charge in [0.15, 0.2) is 0 Å². The van der Waals surface area contributed by atoms with Crippen molar-refractivity contribution in [2.24, 2.45) is 0 Å². The van der Waals surface area contributed by atoms with Gasteiger partial charge in [-0.1, -0.05) is 17.7 Å². The van der Waals surface area contributed by atoms with Crippen molar-refractivity contribution < 1.29 is 14.5 Å². The molecular formula is C10H10ClNO4. The number of benzene rings is 1. The molecule has 1 aromatic carbocycles. The van der Waals surface area contributed by atoms with Crippen LogP contribution in [0.4, 0.5) is 5.69 Å². The smallest absolute Gasteiger partial charge is 0.309 e. The average molecular weight is 244 g/mol. The van der Waals surface area contributed by atoms with Gasteiger partial charge in [-0.2, -0.15) is 0 Å². The van der Waals surface area contributed by atoms with Crippen molar-refractivity contribution in [3.8, 4) is 0 Å². The summed E-state index contributed by atoms with van der Waals surface area (Å²) in [5.74, 6) is -0.445. The number of rotatable bonds is 3. The first kappa shape index (κ1) is 12.4. The predicted octanol–water partition coefficient (Wildman–Crippen LogP) is 2.27. The summed E-state index contributed by atoms with van der Waals surface area (Å²) >= 11 is 5.71. The highest BCUT2D eigenvalue weighted by Crippen LogP contribution is 2.30. The molecule has 0 aliphatic heterocycles. The van der Waals surface area contributed by atoms with E-state index in [1.54, 1.807) is 13.0 Å². The zero-order valence-corrected chi connectivity index (χ0v) is 9.58. The minimum atomic E-state index is -0.557. The summed E-state index contributed by atoms with van der Waals surface area (Å²) in [5.41, 5.74) is 0.772. The summed E-state index contributed by atoms with van der Waals surface area (Å²) in [6.07, 6.45) is 0.000340. The molecule has 0 saturated heterocycles. The van der Waals surface area contributed by atoms with Gasteiger partial charge in [0.1, 0.15) is 5.02 Å². The lowest BCUT2D eigenvalue weighted by molar-refractivity contribution is -0.385. The summed E-state index contributed by atoms with van der Waals surface area (Å²) in [5, 5.41) is 10.8. The molecule has 0 N–H and O–H groups in total. The van der Waals surface area contributed by atoms with E-state index in [-0.39, 0.29) is 17.1 Å². The summed E-state index contributed by atoms with van der Waals surface area (Å²) in [7, 11) is 1.27. The Balaban J connectivity index is 3.18. The van der Waals surface area contributed by atoms with Gasteiger partial charge in [-0.15, -0.1) is 0 Å². The van der Waals surface area contributed by atoms with E-state index in [1.165, 1.54) is 13.2 Å². The van der Waals surface area contributed by atoms with Gasteiger partial charge < -0.3 is 4.74 Å². The van der Waals surface area contributed by atoms with Crippen LogP contribution in [-0.4, -0.2) is 18.0 Å². The monoisotopic (exact) mass is 243 g/mol. The first-order valence-electron chi connectivity index (χ1n) is 4.46. The van der Waals surface area contributed by atoms with E-state index in [2.05, 4.69) is 4.74 Å². The molecule has 0 amide bonds. The molecule has 0 unspecified atom stereocenters. The van der Waals surface area contributed by atoms with Crippen molar-refractivity contribution in [3.63, 3.8) is 0 Å². The number of hydrogen-bond acceptors (Lipinski definition) is 4. The fourth-order valence-electron chi connectivity index (χ4n) is 1.35. The van der Waals surface area contributed by atoms with Crippen LogP contribution in [-0.2, 0) is 16.0 Å². The lowest BCUT2D eigenvalue weighted by Gasteiger charge is -2.06. The Morgan fingerprint density at radius 1 is 1.56 bits per heavy atom. The molecule has 86 valence electrons. The summed E-state index contributed by atoms with van der Waals surface area (Å²) in [6, 6.07) is 2.99. The molecule has 0 bridgehead atoms. The zero-order valence-electron chi connectivity index (χ0n) is 8.82. The topological polar surface area (TPSA) is 69.4 Å². The molecule has 0 spiro atoms. The van der Waals surface area contributed by atoms with Crippen molar-refractivity contribution in [1.82, 2.24) is 0 Å². The van der Waals surface area contributed by atoms with E-state index < -0.39 is 10.9 Å². The number of esters is 1. The van der Waals surface area contributed by atoms with Crippen molar-refractivity contribution in [2.75, 3.05) is 7.11 Å². The van der Waals surface area contributed by atoms with Crippen molar-refractivity contribution in [3.05, 3.63) is 38.4 Å². The average Bonchev–Trinajstić information content (AvgIpc) is 2.21. The number of hydrogen-bond donors (Lipinski definition) is 0. The maximum Gasteiger partial charge on any atom is 0.309 e. The molecule has 0 heterocycles.